The van der Waals surface area contributed by atoms with Crippen LogP contribution in [0.1, 0.15) is 56.4 Å². The molecule has 1 saturated heterocycles. The summed E-state index contributed by atoms with van der Waals surface area (Å²) in [4.78, 5) is 21.6. The van der Waals surface area contributed by atoms with Crippen LogP contribution in [0.3, 0.4) is 0 Å². The average molecular weight is 360 g/mol. The van der Waals surface area contributed by atoms with Crippen molar-refractivity contribution in [3.63, 3.8) is 0 Å². The van der Waals surface area contributed by atoms with E-state index in [0.717, 1.165) is 26.1 Å². The Morgan fingerprint density at radius 2 is 2.24 bits per heavy atom. The van der Waals surface area contributed by atoms with Gasteiger partial charge >= 0.3 is 0 Å². The molecule has 1 atom stereocenters. The number of piperidine rings is 1. The number of hydrogen-bond acceptors (Lipinski definition) is 4. The number of carbonyl (C=O) groups excluding carboxylic acids is 1. The first-order valence-electron chi connectivity index (χ1n) is 9.71. The molecule has 25 heavy (non-hydrogen) atoms. The van der Waals surface area contributed by atoms with Crippen molar-refractivity contribution in [1.29, 1.82) is 0 Å². The zero-order chi connectivity index (χ0) is 17.3. The predicted octanol–water partition coefficient (Wildman–Crippen LogP) is 3.85. The highest BCUT2D eigenvalue weighted by molar-refractivity contribution is 7.09. The Labute approximate surface area is 154 Å². The van der Waals surface area contributed by atoms with E-state index in [2.05, 4.69) is 33.3 Å². The lowest BCUT2D eigenvalue weighted by atomic mass is 9.91. The molecule has 1 spiro atoms. The Bertz CT molecular complexity index is 631. The van der Waals surface area contributed by atoms with Crippen molar-refractivity contribution in [1.82, 2.24) is 14.8 Å². The van der Waals surface area contributed by atoms with Gasteiger partial charge in [0.1, 0.15) is 5.01 Å². The van der Waals surface area contributed by atoms with Crippen LogP contribution in [0, 0.1) is 5.41 Å². The number of allylic oxidation sites excluding steroid dienone is 1. The van der Waals surface area contributed by atoms with Crippen molar-refractivity contribution >= 4 is 17.2 Å². The van der Waals surface area contributed by atoms with Crippen molar-refractivity contribution in [2.24, 2.45) is 5.41 Å². The van der Waals surface area contributed by atoms with Gasteiger partial charge in [-0.05, 0) is 57.4 Å². The van der Waals surface area contributed by atoms with Gasteiger partial charge in [0.05, 0.1) is 6.54 Å². The maximum absolute atomic E-state index is 12.6. The normalized spacial score (nSPS) is 25.3. The van der Waals surface area contributed by atoms with Crippen molar-refractivity contribution in [2.45, 2.75) is 64.0 Å². The third-order valence-corrected chi connectivity index (χ3v) is 7.19. The van der Waals surface area contributed by atoms with E-state index in [4.69, 9.17) is 0 Å². The molecule has 1 aromatic rings. The summed E-state index contributed by atoms with van der Waals surface area (Å²) in [7, 11) is 2.23. The predicted molar refractivity (Wildman–Crippen MR) is 101 cm³/mol. The molecule has 1 saturated carbocycles. The van der Waals surface area contributed by atoms with E-state index < -0.39 is 0 Å². The molecule has 2 fully saturated rings. The number of likely N-dealkylation sites (tertiary alicyclic amines) is 1. The van der Waals surface area contributed by atoms with Crippen molar-refractivity contribution < 1.29 is 4.79 Å². The number of rotatable bonds is 5. The molecule has 2 aliphatic carbocycles. The van der Waals surface area contributed by atoms with Crippen LogP contribution in [0.25, 0.3) is 0 Å². The standard InChI is InChI=1S/C20H29N3OS/c1-22(15-18-21-9-12-25-18)17-14-20(17)7-10-23(11-8-20)19(24)13-16-5-3-2-4-6-16/h5,9,12,17H,2-4,6-8,10-11,13-15H2,1H3. The summed E-state index contributed by atoms with van der Waals surface area (Å²) in [6.45, 7) is 2.86. The topological polar surface area (TPSA) is 36.4 Å². The highest BCUT2D eigenvalue weighted by Gasteiger charge is 2.56. The molecule has 1 aliphatic heterocycles. The molecule has 1 unspecified atom stereocenters. The molecule has 0 aromatic carbocycles. The number of amides is 1. The quantitative estimate of drug-likeness (QED) is 0.749. The largest absolute Gasteiger partial charge is 0.342 e. The van der Waals surface area contributed by atoms with Crippen LogP contribution in [0.2, 0.25) is 0 Å². The van der Waals surface area contributed by atoms with Crippen LogP contribution in [0.15, 0.2) is 23.2 Å². The van der Waals surface area contributed by atoms with Gasteiger partial charge < -0.3 is 4.90 Å². The molecule has 0 bridgehead atoms. The maximum Gasteiger partial charge on any atom is 0.226 e. The Kier molecular flexibility index (Phi) is 4.96. The van der Waals surface area contributed by atoms with E-state index in [9.17, 15) is 4.79 Å². The zero-order valence-corrected chi connectivity index (χ0v) is 16.1. The molecule has 0 N–H and O–H groups in total. The molecule has 1 amide bonds. The van der Waals surface area contributed by atoms with Gasteiger partial charge in [0.2, 0.25) is 5.91 Å². The average Bonchev–Trinajstić information content (AvgIpc) is 3.08. The van der Waals surface area contributed by atoms with Crippen LogP contribution in [0.5, 0.6) is 0 Å². The van der Waals surface area contributed by atoms with E-state index in [1.807, 2.05) is 6.20 Å². The van der Waals surface area contributed by atoms with Crippen molar-refractivity contribution in [3.8, 4) is 0 Å². The molecule has 0 radical (unpaired) electrons. The molecular weight excluding hydrogens is 330 g/mol. The van der Waals surface area contributed by atoms with Gasteiger partial charge in [-0.25, -0.2) is 4.98 Å². The Morgan fingerprint density at radius 1 is 1.40 bits per heavy atom. The summed E-state index contributed by atoms with van der Waals surface area (Å²) in [5, 5.41) is 3.26. The summed E-state index contributed by atoms with van der Waals surface area (Å²) in [5.41, 5.74) is 1.84. The first-order chi connectivity index (χ1) is 12.2. The minimum atomic E-state index is 0.358. The van der Waals surface area contributed by atoms with E-state index >= 15 is 0 Å². The Morgan fingerprint density at radius 3 is 2.92 bits per heavy atom. The monoisotopic (exact) mass is 359 g/mol. The van der Waals surface area contributed by atoms with Crippen LogP contribution < -0.4 is 0 Å². The minimum Gasteiger partial charge on any atom is -0.342 e. The number of hydrogen-bond donors (Lipinski definition) is 0. The Balaban J connectivity index is 1.26. The number of thiazole rings is 1. The lowest BCUT2D eigenvalue weighted by Crippen LogP contribution is -2.41. The SMILES string of the molecule is CN(Cc1nccs1)C1CC12CCN(C(=O)CC1=CCCCC1)CC2. The number of aromatic nitrogens is 1. The molecule has 1 aromatic heterocycles. The second-order valence-corrected chi connectivity index (χ2v) is 9.07. The lowest BCUT2D eigenvalue weighted by Gasteiger charge is -2.34. The van der Waals surface area contributed by atoms with Crippen molar-refractivity contribution in [3.05, 3.63) is 28.2 Å². The fraction of sp³-hybridized carbons (Fsp3) is 0.700. The van der Waals surface area contributed by atoms with Gasteiger partial charge in [-0.15, -0.1) is 11.3 Å². The molecule has 136 valence electrons. The minimum absolute atomic E-state index is 0.358. The third-order valence-electron chi connectivity index (χ3n) is 6.42. The highest BCUT2D eigenvalue weighted by Crippen LogP contribution is 2.56. The van der Waals surface area contributed by atoms with Gasteiger partial charge in [-0.3, -0.25) is 9.69 Å². The molecule has 2 heterocycles. The highest BCUT2D eigenvalue weighted by atomic mass is 32.1. The van der Waals surface area contributed by atoms with Crippen molar-refractivity contribution in [2.75, 3.05) is 20.1 Å². The number of nitrogens with zero attached hydrogens (tertiary/aromatic N) is 3. The summed E-state index contributed by atoms with van der Waals surface area (Å²) in [6, 6.07) is 0.676. The van der Waals surface area contributed by atoms with Gasteiger partial charge in [-0.1, -0.05) is 11.6 Å². The second kappa shape index (κ2) is 7.20. The fourth-order valence-corrected chi connectivity index (χ4v) is 5.39. The van der Waals surface area contributed by atoms with Crippen LogP contribution in [0.4, 0.5) is 0 Å². The van der Waals surface area contributed by atoms with Crippen LogP contribution in [-0.4, -0.2) is 46.9 Å². The van der Waals surface area contributed by atoms with E-state index in [1.165, 1.54) is 49.1 Å². The van der Waals surface area contributed by atoms with E-state index in [-0.39, 0.29) is 0 Å². The summed E-state index contributed by atoms with van der Waals surface area (Å²) < 4.78 is 0. The fourth-order valence-electron chi connectivity index (χ4n) is 4.71. The number of carbonyl (C=O) groups is 1. The first-order valence-corrected chi connectivity index (χ1v) is 10.6. The molecular formula is C20H29N3OS. The van der Waals surface area contributed by atoms with Crippen LogP contribution >= 0.6 is 11.3 Å². The molecule has 4 rings (SSSR count). The van der Waals surface area contributed by atoms with Gasteiger partial charge in [0, 0.05) is 37.1 Å². The van der Waals surface area contributed by atoms with E-state index in [1.54, 1.807) is 11.3 Å². The van der Waals surface area contributed by atoms with Gasteiger partial charge in [-0.2, -0.15) is 0 Å². The second-order valence-electron chi connectivity index (χ2n) is 8.09. The lowest BCUT2D eigenvalue weighted by molar-refractivity contribution is -0.132. The van der Waals surface area contributed by atoms with E-state index in [0.29, 0.717) is 23.8 Å². The summed E-state index contributed by atoms with van der Waals surface area (Å²) >= 11 is 1.74. The molecule has 3 aliphatic rings. The molecule has 4 nitrogen and oxygen atoms in total. The smallest absolute Gasteiger partial charge is 0.226 e. The van der Waals surface area contributed by atoms with Crippen LogP contribution in [-0.2, 0) is 11.3 Å². The summed E-state index contributed by atoms with van der Waals surface area (Å²) in [6.07, 6.45) is 13.3. The molecule has 5 heteroatoms. The summed E-state index contributed by atoms with van der Waals surface area (Å²) in [5.74, 6) is 0.358. The van der Waals surface area contributed by atoms with Gasteiger partial charge in [0.15, 0.2) is 0 Å². The Hall–Kier alpha value is -1.20. The third kappa shape index (κ3) is 3.82. The maximum atomic E-state index is 12.6. The first kappa shape index (κ1) is 17.2. The van der Waals surface area contributed by atoms with Gasteiger partial charge in [0.25, 0.3) is 0 Å². The zero-order valence-electron chi connectivity index (χ0n) is 15.2.